The van der Waals surface area contributed by atoms with Gasteiger partial charge in [0.15, 0.2) is 5.82 Å². The number of benzene rings is 1. The van der Waals surface area contributed by atoms with Gasteiger partial charge in [0, 0.05) is 18.1 Å². The van der Waals surface area contributed by atoms with Gasteiger partial charge in [0.1, 0.15) is 11.5 Å². The minimum atomic E-state index is -0.306. The average Bonchev–Trinajstić information content (AvgIpc) is 2.84. The fourth-order valence-electron chi connectivity index (χ4n) is 2.23. The van der Waals surface area contributed by atoms with Gasteiger partial charge in [0.05, 0.1) is 12.6 Å². The second-order valence-electron chi connectivity index (χ2n) is 4.65. The van der Waals surface area contributed by atoms with Crippen molar-refractivity contribution in [1.29, 1.82) is 0 Å². The molecule has 0 bridgehead atoms. The molecule has 1 aromatic heterocycles. The van der Waals surface area contributed by atoms with E-state index >= 15 is 0 Å². The predicted molar refractivity (Wildman–Crippen MR) is 72.7 cm³/mol. The molecule has 1 aromatic carbocycles. The van der Waals surface area contributed by atoms with Crippen LogP contribution in [0.5, 0.6) is 5.75 Å². The van der Waals surface area contributed by atoms with Gasteiger partial charge in [-0.1, -0.05) is 23.4 Å². The minimum Gasteiger partial charge on any atom is -0.493 e. The van der Waals surface area contributed by atoms with Crippen LogP contribution in [0.1, 0.15) is 23.8 Å². The molecule has 0 spiro atoms. The maximum atomic E-state index is 12.0. The first-order valence-electron chi connectivity index (χ1n) is 6.45. The maximum Gasteiger partial charge on any atom is 0.320 e. The van der Waals surface area contributed by atoms with E-state index in [1.807, 2.05) is 24.3 Å². The SMILES string of the molecule is Cc1cc(NC(=O)N[C@H]2CCOc3ccccc32)no1. The quantitative estimate of drug-likeness (QED) is 0.881. The zero-order chi connectivity index (χ0) is 13.9. The summed E-state index contributed by atoms with van der Waals surface area (Å²) in [7, 11) is 0. The van der Waals surface area contributed by atoms with Crippen LogP contribution in [0.25, 0.3) is 0 Å². The molecule has 0 radical (unpaired) electrons. The smallest absolute Gasteiger partial charge is 0.320 e. The number of carbonyl (C=O) groups excluding carboxylic acids is 1. The number of amides is 2. The fraction of sp³-hybridized carbons (Fsp3) is 0.286. The van der Waals surface area contributed by atoms with Gasteiger partial charge in [-0.2, -0.15) is 0 Å². The second kappa shape index (κ2) is 5.24. The third kappa shape index (κ3) is 2.59. The largest absolute Gasteiger partial charge is 0.493 e. The van der Waals surface area contributed by atoms with Gasteiger partial charge in [-0.25, -0.2) is 4.79 Å². The van der Waals surface area contributed by atoms with Gasteiger partial charge in [-0.15, -0.1) is 0 Å². The molecule has 2 heterocycles. The number of fused-ring (bicyclic) bond motifs is 1. The highest BCUT2D eigenvalue weighted by atomic mass is 16.5. The number of hydrogen-bond donors (Lipinski definition) is 2. The van der Waals surface area contributed by atoms with Crippen molar-refractivity contribution < 1.29 is 14.1 Å². The number of aryl methyl sites for hydroxylation is 1. The van der Waals surface area contributed by atoms with Crippen LogP contribution in [-0.4, -0.2) is 17.8 Å². The van der Waals surface area contributed by atoms with E-state index in [0.29, 0.717) is 18.2 Å². The van der Waals surface area contributed by atoms with Crippen LogP contribution in [0.4, 0.5) is 10.6 Å². The van der Waals surface area contributed by atoms with Crippen molar-refractivity contribution in [3.05, 3.63) is 41.7 Å². The van der Waals surface area contributed by atoms with Gasteiger partial charge < -0.3 is 14.6 Å². The van der Waals surface area contributed by atoms with Crippen LogP contribution < -0.4 is 15.4 Å². The monoisotopic (exact) mass is 273 g/mol. The third-order valence-electron chi connectivity index (χ3n) is 3.13. The standard InChI is InChI=1S/C14H15N3O3/c1-9-8-13(17-20-9)16-14(18)15-11-6-7-19-12-5-3-2-4-10(11)12/h2-5,8,11H,6-7H2,1H3,(H2,15,16,17,18)/t11-/m0/s1. The predicted octanol–water partition coefficient (Wildman–Crippen LogP) is 2.63. The summed E-state index contributed by atoms with van der Waals surface area (Å²) in [5, 5.41) is 9.29. The van der Waals surface area contributed by atoms with Crippen LogP contribution in [0.2, 0.25) is 0 Å². The van der Waals surface area contributed by atoms with E-state index in [1.54, 1.807) is 13.0 Å². The number of rotatable bonds is 2. The Morgan fingerprint density at radius 3 is 3.05 bits per heavy atom. The molecule has 0 aliphatic carbocycles. The van der Waals surface area contributed by atoms with Crippen LogP contribution in [0.15, 0.2) is 34.9 Å². The number of nitrogens with zero attached hydrogens (tertiary/aromatic N) is 1. The first-order chi connectivity index (χ1) is 9.72. The van der Waals surface area contributed by atoms with Crippen molar-refractivity contribution >= 4 is 11.8 Å². The molecule has 0 fully saturated rings. The van der Waals surface area contributed by atoms with Crippen molar-refractivity contribution in [3.63, 3.8) is 0 Å². The first-order valence-corrected chi connectivity index (χ1v) is 6.45. The number of nitrogens with one attached hydrogen (secondary N) is 2. The summed E-state index contributed by atoms with van der Waals surface area (Å²) >= 11 is 0. The summed E-state index contributed by atoms with van der Waals surface area (Å²) in [4.78, 5) is 12.0. The number of ether oxygens (including phenoxy) is 1. The van der Waals surface area contributed by atoms with Gasteiger partial charge in [0.25, 0.3) is 0 Å². The molecule has 20 heavy (non-hydrogen) atoms. The second-order valence-corrected chi connectivity index (χ2v) is 4.65. The van der Waals surface area contributed by atoms with E-state index in [2.05, 4.69) is 15.8 Å². The third-order valence-corrected chi connectivity index (χ3v) is 3.13. The first kappa shape index (κ1) is 12.5. The Morgan fingerprint density at radius 2 is 2.25 bits per heavy atom. The molecule has 3 rings (SSSR count). The van der Waals surface area contributed by atoms with Crippen LogP contribution >= 0.6 is 0 Å². The van der Waals surface area contributed by atoms with E-state index in [-0.39, 0.29) is 12.1 Å². The van der Waals surface area contributed by atoms with Gasteiger partial charge >= 0.3 is 6.03 Å². The molecule has 0 saturated heterocycles. The average molecular weight is 273 g/mol. The minimum absolute atomic E-state index is 0.0621. The van der Waals surface area contributed by atoms with Gasteiger partial charge in [-0.05, 0) is 13.0 Å². The summed E-state index contributed by atoms with van der Waals surface area (Å²) < 4.78 is 10.5. The highest BCUT2D eigenvalue weighted by Gasteiger charge is 2.22. The number of anilines is 1. The molecule has 1 aliphatic rings. The Balaban J connectivity index is 1.68. The van der Waals surface area contributed by atoms with E-state index in [4.69, 9.17) is 9.26 Å². The summed E-state index contributed by atoms with van der Waals surface area (Å²) in [6, 6.07) is 9.01. The van der Waals surface area contributed by atoms with Crippen molar-refractivity contribution in [2.24, 2.45) is 0 Å². The van der Waals surface area contributed by atoms with E-state index in [9.17, 15) is 4.79 Å². The molecule has 2 amide bonds. The lowest BCUT2D eigenvalue weighted by atomic mass is 10.0. The van der Waals surface area contributed by atoms with Crippen LogP contribution in [0, 0.1) is 6.92 Å². The van der Waals surface area contributed by atoms with Crippen LogP contribution in [-0.2, 0) is 0 Å². The van der Waals surface area contributed by atoms with Crippen molar-refractivity contribution in [2.45, 2.75) is 19.4 Å². The number of para-hydroxylation sites is 1. The zero-order valence-corrected chi connectivity index (χ0v) is 11.1. The molecule has 6 nitrogen and oxygen atoms in total. The zero-order valence-electron chi connectivity index (χ0n) is 11.1. The highest BCUT2D eigenvalue weighted by Crippen LogP contribution is 2.31. The van der Waals surface area contributed by atoms with Gasteiger partial charge in [-0.3, -0.25) is 5.32 Å². The van der Waals surface area contributed by atoms with E-state index < -0.39 is 0 Å². The lowest BCUT2D eigenvalue weighted by Crippen LogP contribution is -2.35. The Hall–Kier alpha value is -2.50. The van der Waals surface area contributed by atoms with E-state index in [1.165, 1.54) is 0 Å². The molecule has 2 aromatic rings. The highest BCUT2D eigenvalue weighted by molar-refractivity contribution is 5.88. The van der Waals surface area contributed by atoms with Gasteiger partial charge in [0.2, 0.25) is 0 Å². The maximum absolute atomic E-state index is 12.0. The fourth-order valence-corrected chi connectivity index (χ4v) is 2.23. The number of hydrogen-bond acceptors (Lipinski definition) is 4. The number of aromatic nitrogens is 1. The number of urea groups is 1. The topological polar surface area (TPSA) is 76.4 Å². The molecule has 6 heteroatoms. The van der Waals surface area contributed by atoms with Crippen molar-refractivity contribution in [3.8, 4) is 5.75 Å². The van der Waals surface area contributed by atoms with Crippen molar-refractivity contribution in [2.75, 3.05) is 11.9 Å². The normalized spacial score (nSPS) is 16.9. The summed E-state index contributed by atoms with van der Waals surface area (Å²) in [5.74, 6) is 1.87. The summed E-state index contributed by atoms with van der Waals surface area (Å²) in [6.07, 6.45) is 0.738. The summed E-state index contributed by atoms with van der Waals surface area (Å²) in [5.41, 5.74) is 0.991. The molecule has 1 aliphatic heterocycles. The molecular weight excluding hydrogens is 258 g/mol. The molecule has 0 saturated carbocycles. The molecule has 2 N–H and O–H groups in total. The Bertz CT molecular complexity index is 624. The summed E-state index contributed by atoms with van der Waals surface area (Å²) in [6.45, 7) is 2.36. The molecule has 0 unspecified atom stereocenters. The molecule has 1 atom stereocenters. The van der Waals surface area contributed by atoms with Crippen molar-refractivity contribution in [1.82, 2.24) is 10.5 Å². The molecule has 104 valence electrons. The number of carbonyl (C=O) groups is 1. The molecular formula is C14H15N3O3. The Kier molecular flexibility index (Phi) is 3.28. The van der Waals surface area contributed by atoms with Crippen LogP contribution in [0.3, 0.4) is 0 Å². The lowest BCUT2D eigenvalue weighted by molar-refractivity contribution is 0.232. The lowest BCUT2D eigenvalue weighted by Gasteiger charge is -2.26. The Labute approximate surface area is 116 Å². The van der Waals surface area contributed by atoms with E-state index in [0.717, 1.165) is 17.7 Å². The Morgan fingerprint density at radius 1 is 1.40 bits per heavy atom.